The van der Waals surface area contributed by atoms with E-state index in [0.29, 0.717) is 0 Å². The molecule has 0 heteroatoms. The summed E-state index contributed by atoms with van der Waals surface area (Å²) < 4.78 is 0. The van der Waals surface area contributed by atoms with Gasteiger partial charge in [0.25, 0.3) is 0 Å². The lowest BCUT2D eigenvalue weighted by atomic mass is 9.79. The van der Waals surface area contributed by atoms with Crippen LogP contribution in [0.25, 0.3) is 0 Å². The molecule has 0 heterocycles. The molecule has 0 aliphatic heterocycles. The quantitative estimate of drug-likeness (QED) is 0.527. The van der Waals surface area contributed by atoms with Gasteiger partial charge >= 0.3 is 0 Å². The molecule has 2 aliphatic carbocycles. The average Bonchev–Trinajstić information content (AvgIpc) is 2.18. The molecule has 0 radical (unpaired) electrons. The first-order valence-corrected chi connectivity index (χ1v) is 7.28. The Bertz CT molecular complexity index is 228. The normalized spacial score (nSPS) is 33.1. The van der Waals surface area contributed by atoms with Gasteiger partial charge in [0.2, 0.25) is 0 Å². The lowest BCUT2D eigenvalue weighted by Gasteiger charge is -2.26. The van der Waals surface area contributed by atoms with Crippen LogP contribution in [0, 0.1) is 11.8 Å². The van der Waals surface area contributed by atoms with E-state index < -0.39 is 0 Å². The van der Waals surface area contributed by atoms with Gasteiger partial charge in [-0.2, -0.15) is 0 Å². The number of rotatable bonds is 1. The van der Waals surface area contributed by atoms with Gasteiger partial charge in [-0.25, -0.2) is 0 Å². The van der Waals surface area contributed by atoms with Gasteiger partial charge in [-0.05, 0) is 43.9 Å². The molecule has 1 saturated carbocycles. The van der Waals surface area contributed by atoms with Gasteiger partial charge in [0.05, 0.1) is 0 Å². The Balaban J connectivity index is 1.91. The zero-order valence-electron chi connectivity index (χ0n) is 10.5. The fraction of sp³-hybridized carbons (Fsp3) is 0.750. The number of hydrogen-bond donors (Lipinski definition) is 0. The Hall–Kier alpha value is -0.520. The molecule has 16 heavy (non-hydrogen) atoms. The van der Waals surface area contributed by atoms with E-state index in [1.54, 1.807) is 0 Å². The second-order valence-electron chi connectivity index (χ2n) is 5.48. The van der Waals surface area contributed by atoms with Crippen LogP contribution >= 0.6 is 0 Å². The highest BCUT2D eigenvalue weighted by Gasteiger charge is 2.19. The van der Waals surface area contributed by atoms with Gasteiger partial charge < -0.3 is 0 Å². The van der Waals surface area contributed by atoms with Gasteiger partial charge in [0.15, 0.2) is 0 Å². The predicted octanol–water partition coefficient (Wildman–Crippen LogP) is 5.26. The molecule has 2 rings (SSSR count). The third-order valence-electron chi connectivity index (χ3n) is 4.21. The molecule has 0 aromatic heterocycles. The van der Waals surface area contributed by atoms with Crippen molar-refractivity contribution in [3.63, 3.8) is 0 Å². The van der Waals surface area contributed by atoms with Crippen molar-refractivity contribution in [3.05, 3.63) is 24.3 Å². The van der Waals surface area contributed by atoms with E-state index >= 15 is 0 Å². The molecule has 1 unspecified atom stereocenters. The summed E-state index contributed by atoms with van der Waals surface area (Å²) in [6.07, 6.45) is 23.9. The molecule has 1 atom stereocenters. The molecule has 2 aliphatic rings. The summed E-state index contributed by atoms with van der Waals surface area (Å²) in [7, 11) is 0. The highest BCUT2D eigenvalue weighted by atomic mass is 14.2. The van der Waals surface area contributed by atoms with Crippen molar-refractivity contribution in [1.82, 2.24) is 0 Å². The molecule has 0 amide bonds. The van der Waals surface area contributed by atoms with E-state index in [0.717, 1.165) is 11.8 Å². The van der Waals surface area contributed by atoms with Crippen LogP contribution in [0.5, 0.6) is 0 Å². The first kappa shape index (κ1) is 12.0. The molecule has 0 N–H and O–H groups in total. The topological polar surface area (TPSA) is 0 Å². The Morgan fingerprint density at radius 2 is 1.38 bits per heavy atom. The molecule has 1 fully saturated rings. The monoisotopic (exact) mass is 218 g/mol. The number of allylic oxidation sites excluding steroid dienone is 4. The summed E-state index contributed by atoms with van der Waals surface area (Å²) in [5.41, 5.74) is 0. The first-order chi connectivity index (χ1) is 7.97. The van der Waals surface area contributed by atoms with Crippen molar-refractivity contribution in [1.29, 1.82) is 0 Å². The summed E-state index contributed by atoms with van der Waals surface area (Å²) in [6.45, 7) is 0. The van der Waals surface area contributed by atoms with E-state index in [-0.39, 0.29) is 0 Å². The lowest BCUT2D eigenvalue weighted by Crippen LogP contribution is -2.14. The van der Waals surface area contributed by atoms with Crippen LogP contribution < -0.4 is 0 Å². The Kier molecular flexibility index (Phi) is 5.18. The molecule has 0 aromatic rings. The molecular formula is C16H26. The maximum Gasteiger partial charge on any atom is -0.0171 e. The maximum atomic E-state index is 2.52. The summed E-state index contributed by atoms with van der Waals surface area (Å²) >= 11 is 0. The summed E-state index contributed by atoms with van der Waals surface area (Å²) in [4.78, 5) is 0. The van der Waals surface area contributed by atoms with Crippen LogP contribution in [0.2, 0.25) is 0 Å². The summed E-state index contributed by atoms with van der Waals surface area (Å²) in [5, 5.41) is 0. The molecular weight excluding hydrogens is 192 g/mol. The van der Waals surface area contributed by atoms with E-state index in [4.69, 9.17) is 0 Å². The summed E-state index contributed by atoms with van der Waals surface area (Å²) in [6, 6.07) is 0. The molecule has 0 nitrogen and oxygen atoms in total. The lowest BCUT2D eigenvalue weighted by molar-refractivity contribution is 0.305. The Labute approximate surface area is 101 Å². The summed E-state index contributed by atoms with van der Waals surface area (Å²) in [5.74, 6) is 1.81. The average molecular weight is 218 g/mol. The van der Waals surface area contributed by atoms with Crippen molar-refractivity contribution >= 4 is 0 Å². The van der Waals surface area contributed by atoms with E-state index in [1.807, 2.05) is 0 Å². The Morgan fingerprint density at radius 3 is 2.19 bits per heavy atom. The highest BCUT2D eigenvalue weighted by Crippen LogP contribution is 2.32. The van der Waals surface area contributed by atoms with Crippen molar-refractivity contribution < 1.29 is 0 Å². The Morgan fingerprint density at radius 1 is 0.688 bits per heavy atom. The van der Waals surface area contributed by atoms with E-state index in [9.17, 15) is 0 Å². The van der Waals surface area contributed by atoms with Crippen molar-refractivity contribution in [3.8, 4) is 0 Å². The second-order valence-corrected chi connectivity index (χ2v) is 5.48. The van der Waals surface area contributed by atoms with Gasteiger partial charge in [-0.3, -0.25) is 0 Å². The third-order valence-corrected chi connectivity index (χ3v) is 4.21. The van der Waals surface area contributed by atoms with Crippen molar-refractivity contribution in [2.75, 3.05) is 0 Å². The molecule has 90 valence electrons. The zero-order valence-corrected chi connectivity index (χ0v) is 10.5. The number of hydrogen-bond acceptors (Lipinski definition) is 0. The van der Waals surface area contributed by atoms with Gasteiger partial charge in [-0.15, -0.1) is 0 Å². The van der Waals surface area contributed by atoms with Crippen molar-refractivity contribution in [2.45, 2.75) is 64.2 Å². The van der Waals surface area contributed by atoms with Crippen LogP contribution in [-0.2, 0) is 0 Å². The van der Waals surface area contributed by atoms with Crippen LogP contribution in [-0.4, -0.2) is 0 Å². The van der Waals surface area contributed by atoms with Gasteiger partial charge in [0.1, 0.15) is 0 Å². The SMILES string of the molecule is C1=C\CC(C2CCCCCCC2)/C=C\CC/1. The van der Waals surface area contributed by atoms with Crippen LogP contribution in [0.4, 0.5) is 0 Å². The molecule has 0 saturated heterocycles. The third kappa shape index (κ3) is 3.81. The largest absolute Gasteiger partial charge is 0.0882 e. The minimum absolute atomic E-state index is 0.842. The van der Waals surface area contributed by atoms with Gasteiger partial charge in [0, 0.05) is 0 Å². The highest BCUT2D eigenvalue weighted by molar-refractivity contribution is 5.00. The predicted molar refractivity (Wildman–Crippen MR) is 71.4 cm³/mol. The van der Waals surface area contributed by atoms with Crippen molar-refractivity contribution in [2.24, 2.45) is 11.8 Å². The maximum absolute atomic E-state index is 2.52. The van der Waals surface area contributed by atoms with Crippen LogP contribution in [0.15, 0.2) is 24.3 Å². The molecule has 0 spiro atoms. The first-order valence-electron chi connectivity index (χ1n) is 7.28. The fourth-order valence-corrected chi connectivity index (χ4v) is 3.18. The zero-order chi connectivity index (χ0) is 11.1. The van der Waals surface area contributed by atoms with Gasteiger partial charge in [-0.1, -0.05) is 56.4 Å². The molecule has 0 aromatic carbocycles. The fourth-order valence-electron chi connectivity index (χ4n) is 3.18. The second kappa shape index (κ2) is 6.93. The van der Waals surface area contributed by atoms with E-state index in [1.165, 1.54) is 64.2 Å². The molecule has 0 bridgehead atoms. The van der Waals surface area contributed by atoms with Crippen LogP contribution in [0.3, 0.4) is 0 Å². The minimum atomic E-state index is 0.842. The minimum Gasteiger partial charge on any atom is -0.0882 e. The van der Waals surface area contributed by atoms with E-state index in [2.05, 4.69) is 24.3 Å². The smallest absolute Gasteiger partial charge is 0.0171 e. The van der Waals surface area contributed by atoms with Crippen LogP contribution in [0.1, 0.15) is 64.2 Å². The standard InChI is InChI=1S/C16H26/c1-3-7-11-15(12-8-4-1)16-13-9-5-2-6-10-14-16/h3,7-8,12,15-16H,1-2,4-6,9-11,13-14H2/b7-3-,12-8-.